The van der Waals surface area contributed by atoms with E-state index in [-0.39, 0.29) is 34.6 Å². The van der Waals surface area contributed by atoms with Gasteiger partial charge in [-0.3, -0.25) is 9.59 Å². The standard InChI is InChI=1S/C15H19ClN2O5S/c1-10(2)23-7-6-17-15(20)11-3-4-12(16)13(9-11)18-14(19)5-8-24(18,21)22/h3-4,9-10H,5-8H2,1-2H3,(H,17,20). The minimum absolute atomic E-state index is 0.00486. The summed E-state index contributed by atoms with van der Waals surface area (Å²) in [6.45, 7) is 4.46. The predicted molar refractivity (Wildman–Crippen MR) is 90.8 cm³/mol. The van der Waals surface area contributed by atoms with Crippen LogP contribution in [-0.2, 0) is 19.6 Å². The van der Waals surface area contributed by atoms with Gasteiger partial charge in [0.05, 0.1) is 29.2 Å². The number of rotatable bonds is 6. The number of carbonyl (C=O) groups excluding carboxylic acids is 2. The van der Waals surface area contributed by atoms with E-state index in [4.69, 9.17) is 16.3 Å². The second kappa shape index (κ2) is 7.50. The van der Waals surface area contributed by atoms with Gasteiger partial charge in [-0.2, -0.15) is 0 Å². The fraction of sp³-hybridized carbons (Fsp3) is 0.467. The minimum Gasteiger partial charge on any atom is -0.377 e. The van der Waals surface area contributed by atoms with Crippen molar-refractivity contribution < 1.29 is 22.7 Å². The molecule has 1 heterocycles. The Balaban J connectivity index is 2.17. The summed E-state index contributed by atoms with van der Waals surface area (Å²) in [6.07, 6.45) is -0.0304. The van der Waals surface area contributed by atoms with Crippen molar-refractivity contribution in [3.05, 3.63) is 28.8 Å². The maximum absolute atomic E-state index is 12.1. The second-order valence-corrected chi connectivity index (χ2v) is 7.91. The fourth-order valence-corrected chi connectivity index (χ4v) is 3.94. The third kappa shape index (κ3) is 4.25. The van der Waals surface area contributed by atoms with Gasteiger partial charge < -0.3 is 10.1 Å². The van der Waals surface area contributed by atoms with E-state index in [1.807, 2.05) is 13.8 Å². The Morgan fingerprint density at radius 1 is 1.42 bits per heavy atom. The molecule has 1 fully saturated rings. The second-order valence-electron chi connectivity index (χ2n) is 5.57. The van der Waals surface area contributed by atoms with Gasteiger partial charge >= 0.3 is 0 Å². The van der Waals surface area contributed by atoms with Crippen LogP contribution in [0.2, 0.25) is 5.02 Å². The largest absolute Gasteiger partial charge is 0.377 e. The average molecular weight is 375 g/mol. The van der Waals surface area contributed by atoms with E-state index < -0.39 is 21.8 Å². The SMILES string of the molecule is CC(C)OCCNC(=O)c1ccc(Cl)c(N2C(=O)CCS2(=O)=O)c1. The van der Waals surface area contributed by atoms with E-state index in [2.05, 4.69) is 5.32 Å². The first-order valence-electron chi connectivity index (χ1n) is 7.47. The summed E-state index contributed by atoms with van der Waals surface area (Å²) >= 11 is 6.03. The molecular weight excluding hydrogens is 356 g/mol. The van der Waals surface area contributed by atoms with Crippen molar-refractivity contribution in [2.24, 2.45) is 0 Å². The van der Waals surface area contributed by atoms with Gasteiger partial charge in [-0.1, -0.05) is 11.6 Å². The van der Waals surface area contributed by atoms with Crippen molar-refractivity contribution >= 4 is 39.1 Å². The average Bonchev–Trinajstić information content (AvgIpc) is 2.77. The lowest BCUT2D eigenvalue weighted by Crippen LogP contribution is -2.31. The fourth-order valence-electron chi connectivity index (χ4n) is 2.22. The molecule has 24 heavy (non-hydrogen) atoms. The summed E-state index contributed by atoms with van der Waals surface area (Å²) in [4.78, 5) is 24.0. The molecule has 0 unspecified atom stereocenters. The topological polar surface area (TPSA) is 92.8 Å². The number of anilines is 1. The van der Waals surface area contributed by atoms with E-state index in [0.29, 0.717) is 17.5 Å². The molecule has 1 aliphatic rings. The summed E-state index contributed by atoms with van der Waals surface area (Å²) in [5.41, 5.74) is 0.221. The molecule has 1 aromatic rings. The molecule has 0 radical (unpaired) electrons. The first kappa shape index (κ1) is 18.7. The maximum Gasteiger partial charge on any atom is 0.251 e. The van der Waals surface area contributed by atoms with Crippen molar-refractivity contribution in [1.29, 1.82) is 0 Å². The quantitative estimate of drug-likeness (QED) is 0.763. The van der Waals surface area contributed by atoms with Crippen molar-refractivity contribution in [2.75, 3.05) is 23.2 Å². The highest BCUT2D eigenvalue weighted by Crippen LogP contribution is 2.32. The molecule has 1 N–H and O–H groups in total. The van der Waals surface area contributed by atoms with Gasteiger partial charge in [0.2, 0.25) is 15.9 Å². The Kier molecular flexibility index (Phi) is 5.84. The Morgan fingerprint density at radius 2 is 2.12 bits per heavy atom. The number of benzene rings is 1. The van der Waals surface area contributed by atoms with Crippen molar-refractivity contribution in [3.63, 3.8) is 0 Å². The van der Waals surface area contributed by atoms with Crippen molar-refractivity contribution in [3.8, 4) is 0 Å². The van der Waals surface area contributed by atoms with Gasteiger partial charge in [0, 0.05) is 18.5 Å². The normalized spacial score (nSPS) is 16.7. The van der Waals surface area contributed by atoms with Crippen LogP contribution in [0.4, 0.5) is 5.69 Å². The van der Waals surface area contributed by atoms with Gasteiger partial charge in [0.1, 0.15) is 0 Å². The van der Waals surface area contributed by atoms with Gasteiger partial charge in [0.25, 0.3) is 5.91 Å². The molecule has 1 aliphatic heterocycles. The summed E-state index contributed by atoms with van der Waals surface area (Å²) in [7, 11) is -3.74. The number of sulfonamides is 1. The summed E-state index contributed by atoms with van der Waals surface area (Å²) < 4.78 is 30.0. The lowest BCUT2D eigenvalue weighted by molar-refractivity contribution is -0.116. The Hall–Kier alpha value is -1.64. The molecule has 2 rings (SSSR count). The summed E-state index contributed by atoms with van der Waals surface area (Å²) in [5.74, 6) is -1.21. The van der Waals surface area contributed by atoms with Gasteiger partial charge in [-0.25, -0.2) is 12.7 Å². The molecule has 132 valence electrons. The molecule has 0 bridgehead atoms. The van der Waals surface area contributed by atoms with Gasteiger partial charge in [-0.15, -0.1) is 0 Å². The predicted octanol–water partition coefficient (Wildman–Crippen LogP) is 1.56. The maximum atomic E-state index is 12.1. The molecule has 1 aromatic carbocycles. The van der Waals surface area contributed by atoms with Crippen LogP contribution < -0.4 is 9.62 Å². The van der Waals surface area contributed by atoms with E-state index in [1.54, 1.807) is 0 Å². The third-order valence-electron chi connectivity index (χ3n) is 3.34. The van der Waals surface area contributed by atoms with Crippen molar-refractivity contribution in [2.45, 2.75) is 26.4 Å². The third-order valence-corrected chi connectivity index (χ3v) is 5.34. The Bertz CT molecular complexity index is 748. The molecular formula is C15H19ClN2O5S. The Labute approximate surface area is 146 Å². The van der Waals surface area contributed by atoms with Crippen LogP contribution in [0.1, 0.15) is 30.6 Å². The van der Waals surface area contributed by atoms with Crippen molar-refractivity contribution in [1.82, 2.24) is 5.32 Å². The van der Waals surface area contributed by atoms with E-state index in [0.717, 1.165) is 0 Å². The van der Waals surface area contributed by atoms with Crippen LogP contribution in [0, 0.1) is 0 Å². The highest BCUT2D eigenvalue weighted by atomic mass is 35.5. The van der Waals surface area contributed by atoms with Crippen LogP contribution in [-0.4, -0.2) is 45.2 Å². The monoisotopic (exact) mass is 374 g/mol. The molecule has 2 amide bonds. The number of nitrogens with one attached hydrogen (secondary N) is 1. The molecule has 0 spiro atoms. The highest BCUT2D eigenvalue weighted by Gasteiger charge is 2.37. The zero-order valence-corrected chi connectivity index (χ0v) is 15.0. The number of hydrogen-bond acceptors (Lipinski definition) is 5. The zero-order chi connectivity index (χ0) is 17.9. The number of halogens is 1. The first-order chi connectivity index (χ1) is 11.2. The number of ether oxygens (including phenoxy) is 1. The number of carbonyl (C=O) groups is 2. The molecule has 1 saturated heterocycles. The zero-order valence-electron chi connectivity index (χ0n) is 13.4. The van der Waals surface area contributed by atoms with Gasteiger partial charge in [-0.05, 0) is 32.0 Å². The lowest BCUT2D eigenvalue weighted by Gasteiger charge is -2.17. The van der Waals surface area contributed by atoms with E-state index >= 15 is 0 Å². The minimum atomic E-state index is -3.74. The summed E-state index contributed by atoms with van der Waals surface area (Å²) in [5, 5.41) is 2.75. The van der Waals surface area contributed by atoms with Crippen LogP contribution in [0.25, 0.3) is 0 Å². The molecule has 7 nitrogen and oxygen atoms in total. The van der Waals surface area contributed by atoms with Gasteiger partial charge in [0.15, 0.2) is 0 Å². The first-order valence-corrected chi connectivity index (χ1v) is 9.46. The summed E-state index contributed by atoms with van der Waals surface area (Å²) in [6, 6.07) is 4.18. The molecule has 0 aliphatic carbocycles. The lowest BCUT2D eigenvalue weighted by atomic mass is 10.2. The molecule has 0 saturated carbocycles. The van der Waals surface area contributed by atoms with Crippen LogP contribution in [0.15, 0.2) is 18.2 Å². The smallest absolute Gasteiger partial charge is 0.251 e. The number of amides is 2. The van der Waals surface area contributed by atoms with Crippen LogP contribution >= 0.6 is 11.6 Å². The highest BCUT2D eigenvalue weighted by molar-refractivity contribution is 7.94. The molecule has 0 aromatic heterocycles. The van der Waals surface area contributed by atoms with Crippen LogP contribution in [0.5, 0.6) is 0 Å². The molecule has 0 atom stereocenters. The van der Waals surface area contributed by atoms with E-state index in [1.165, 1.54) is 18.2 Å². The molecule has 9 heteroatoms. The van der Waals surface area contributed by atoms with E-state index in [9.17, 15) is 18.0 Å². The number of nitrogens with zero attached hydrogens (tertiary/aromatic N) is 1. The number of hydrogen-bond donors (Lipinski definition) is 1. The Morgan fingerprint density at radius 3 is 2.71 bits per heavy atom. The van der Waals surface area contributed by atoms with Crippen LogP contribution in [0.3, 0.4) is 0 Å².